The first-order valence-electron chi connectivity index (χ1n) is 13.4. The van der Waals surface area contributed by atoms with Crippen LogP contribution in [0.5, 0.6) is 0 Å². The first-order chi connectivity index (χ1) is 15.9. The Morgan fingerprint density at radius 2 is 1.42 bits per heavy atom. The molecule has 0 spiro atoms. The average Bonchev–Trinajstić information content (AvgIpc) is 2.78. The van der Waals surface area contributed by atoms with Gasteiger partial charge in [-0.1, -0.05) is 82.6 Å². The van der Waals surface area contributed by atoms with Gasteiger partial charge in [-0.3, -0.25) is 4.79 Å². The minimum atomic E-state index is 0.114. The summed E-state index contributed by atoms with van der Waals surface area (Å²) >= 11 is 0. The lowest BCUT2D eigenvalue weighted by molar-refractivity contribution is -0.903. The number of hydrogen-bond acceptors (Lipinski definition) is 3. The van der Waals surface area contributed by atoms with E-state index in [9.17, 15) is 4.79 Å². The van der Waals surface area contributed by atoms with Crippen LogP contribution in [0.2, 0.25) is 0 Å². The molecular weight excluding hydrogens is 408 g/mol. The molecule has 1 aromatic carbocycles. The standard InChI is InChI=1S/C28H53N4O/c1-5-6-7-8-9-10-11-12-13-14-23-32(3,4)25-28-17-15-27(16-18-28)24-31(26(2)33)22-21-30-20-19-29/h15-18,30H,5-14,19-25,29H2,1-4H3/q+1. The van der Waals surface area contributed by atoms with Gasteiger partial charge < -0.3 is 20.4 Å². The van der Waals surface area contributed by atoms with Gasteiger partial charge in [-0.2, -0.15) is 0 Å². The molecule has 0 aliphatic heterocycles. The summed E-state index contributed by atoms with van der Waals surface area (Å²) in [6, 6.07) is 8.83. The van der Waals surface area contributed by atoms with Gasteiger partial charge in [0.2, 0.25) is 5.91 Å². The van der Waals surface area contributed by atoms with Crippen molar-refractivity contribution in [2.24, 2.45) is 5.73 Å². The predicted molar refractivity (Wildman–Crippen MR) is 142 cm³/mol. The van der Waals surface area contributed by atoms with Crippen LogP contribution in [0.25, 0.3) is 0 Å². The first-order valence-corrected chi connectivity index (χ1v) is 13.4. The largest absolute Gasteiger partial charge is 0.337 e. The molecule has 1 rings (SSSR count). The van der Waals surface area contributed by atoms with E-state index in [1.54, 1.807) is 6.92 Å². The van der Waals surface area contributed by atoms with Crippen molar-refractivity contribution in [3.05, 3.63) is 35.4 Å². The summed E-state index contributed by atoms with van der Waals surface area (Å²) in [5.41, 5.74) is 8.07. The Hall–Kier alpha value is -1.43. The molecule has 1 amide bonds. The van der Waals surface area contributed by atoms with E-state index in [0.29, 0.717) is 19.6 Å². The second kappa shape index (κ2) is 18.0. The Morgan fingerprint density at radius 3 is 1.97 bits per heavy atom. The van der Waals surface area contributed by atoms with Gasteiger partial charge in [0.05, 0.1) is 20.6 Å². The molecule has 0 aliphatic rings. The minimum absolute atomic E-state index is 0.114. The molecule has 0 aromatic heterocycles. The van der Waals surface area contributed by atoms with E-state index in [0.717, 1.165) is 24.1 Å². The highest BCUT2D eigenvalue weighted by Gasteiger charge is 2.16. The van der Waals surface area contributed by atoms with Gasteiger partial charge in [-0.25, -0.2) is 0 Å². The summed E-state index contributed by atoms with van der Waals surface area (Å²) < 4.78 is 1.03. The zero-order valence-corrected chi connectivity index (χ0v) is 22.2. The van der Waals surface area contributed by atoms with E-state index < -0.39 is 0 Å². The summed E-state index contributed by atoms with van der Waals surface area (Å²) in [6.07, 6.45) is 13.9. The molecule has 0 saturated heterocycles. The number of benzene rings is 1. The van der Waals surface area contributed by atoms with Crippen molar-refractivity contribution in [3.8, 4) is 0 Å². The monoisotopic (exact) mass is 461 g/mol. The maximum Gasteiger partial charge on any atom is 0.219 e. The van der Waals surface area contributed by atoms with Crippen molar-refractivity contribution >= 4 is 5.91 Å². The van der Waals surface area contributed by atoms with Gasteiger partial charge in [0.15, 0.2) is 0 Å². The molecule has 0 bridgehead atoms. The second-order valence-corrected chi connectivity index (χ2v) is 10.3. The van der Waals surface area contributed by atoms with Crippen molar-refractivity contribution in [2.75, 3.05) is 46.8 Å². The lowest BCUT2D eigenvalue weighted by Crippen LogP contribution is -2.39. The summed E-state index contributed by atoms with van der Waals surface area (Å²) in [5, 5.41) is 3.26. The van der Waals surface area contributed by atoms with Crippen molar-refractivity contribution in [1.82, 2.24) is 10.2 Å². The van der Waals surface area contributed by atoms with E-state index >= 15 is 0 Å². The van der Waals surface area contributed by atoms with Crippen LogP contribution in [-0.2, 0) is 17.9 Å². The summed E-state index contributed by atoms with van der Waals surface area (Å²) in [7, 11) is 4.68. The van der Waals surface area contributed by atoms with Crippen LogP contribution < -0.4 is 11.1 Å². The second-order valence-electron chi connectivity index (χ2n) is 10.3. The van der Waals surface area contributed by atoms with Crippen LogP contribution in [0.15, 0.2) is 24.3 Å². The molecule has 1 aromatic rings. The zero-order valence-electron chi connectivity index (χ0n) is 22.2. The van der Waals surface area contributed by atoms with Gasteiger partial charge in [0.1, 0.15) is 6.54 Å². The predicted octanol–water partition coefficient (Wildman–Crippen LogP) is 5.08. The third-order valence-electron chi connectivity index (χ3n) is 6.45. The Morgan fingerprint density at radius 1 is 0.879 bits per heavy atom. The molecule has 5 nitrogen and oxygen atoms in total. The number of nitrogens with two attached hydrogens (primary N) is 1. The number of carbonyl (C=O) groups excluding carboxylic acids is 1. The number of amides is 1. The molecule has 0 aliphatic carbocycles. The molecule has 0 heterocycles. The summed E-state index contributed by atoms with van der Waals surface area (Å²) in [4.78, 5) is 13.9. The number of unbranched alkanes of at least 4 members (excludes halogenated alkanes) is 9. The molecule has 5 heteroatoms. The molecular formula is C28H53N4O+. The van der Waals surface area contributed by atoms with Gasteiger partial charge in [-0.05, 0) is 18.4 Å². The normalized spacial score (nSPS) is 11.7. The smallest absolute Gasteiger partial charge is 0.219 e. The Labute approximate surface area is 204 Å². The maximum atomic E-state index is 12.0. The highest BCUT2D eigenvalue weighted by molar-refractivity contribution is 5.73. The molecule has 0 fully saturated rings. The first kappa shape index (κ1) is 29.6. The molecule has 33 heavy (non-hydrogen) atoms. The SMILES string of the molecule is CCCCCCCCCCCC[N+](C)(C)Cc1ccc(CN(CCNCCN)C(C)=O)cc1. The van der Waals surface area contributed by atoms with E-state index in [1.807, 2.05) is 4.90 Å². The number of nitrogens with zero attached hydrogens (tertiary/aromatic N) is 2. The zero-order chi connectivity index (χ0) is 24.4. The highest BCUT2D eigenvalue weighted by atomic mass is 16.2. The van der Waals surface area contributed by atoms with E-state index in [2.05, 4.69) is 50.6 Å². The van der Waals surface area contributed by atoms with Crippen LogP contribution in [0.4, 0.5) is 0 Å². The Bertz CT molecular complexity index is 615. The fraction of sp³-hybridized carbons (Fsp3) is 0.750. The van der Waals surface area contributed by atoms with Crippen LogP contribution in [0.1, 0.15) is 89.2 Å². The number of hydrogen-bond donors (Lipinski definition) is 2. The van der Waals surface area contributed by atoms with Crippen molar-refractivity contribution in [2.45, 2.75) is 91.1 Å². The average molecular weight is 462 g/mol. The molecule has 190 valence electrons. The lowest BCUT2D eigenvalue weighted by atomic mass is 10.1. The molecule has 0 unspecified atom stereocenters. The minimum Gasteiger partial charge on any atom is -0.337 e. The van der Waals surface area contributed by atoms with Gasteiger partial charge in [-0.15, -0.1) is 0 Å². The van der Waals surface area contributed by atoms with Crippen LogP contribution in [-0.4, -0.2) is 62.1 Å². The lowest BCUT2D eigenvalue weighted by Gasteiger charge is -2.30. The topological polar surface area (TPSA) is 58.4 Å². The molecule has 0 radical (unpaired) electrons. The maximum absolute atomic E-state index is 12.0. The van der Waals surface area contributed by atoms with E-state index in [4.69, 9.17) is 5.73 Å². The van der Waals surface area contributed by atoms with Gasteiger partial charge >= 0.3 is 0 Å². The van der Waals surface area contributed by atoms with Crippen molar-refractivity contribution in [3.63, 3.8) is 0 Å². The third-order valence-corrected chi connectivity index (χ3v) is 6.45. The van der Waals surface area contributed by atoms with E-state index in [1.165, 1.54) is 81.9 Å². The number of carbonyl (C=O) groups is 1. The quantitative estimate of drug-likeness (QED) is 0.210. The Balaban J connectivity index is 2.30. The van der Waals surface area contributed by atoms with E-state index in [-0.39, 0.29) is 5.91 Å². The highest BCUT2D eigenvalue weighted by Crippen LogP contribution is 2.15. The van der Waals surface area contributed by atoms with Crippen LogP contribution in [0.3, 0.4) is 0 Å². The molecule has 0 atom stereocenters. The summed E-state index contributed by atoms with van der Waals surface area (Å²) in [5.74, 6) is 0.114. The fourth-order valence-corrected chi connectivity index (χ4v) is 4.36. The summed E-state index contributed by atoms with van der Waals surface area (Å²) in [6.45, 7) is 9.76. The van der Waals surface area contributed by atoms with Crippen molar-refractivity contribution < 1.29 is 9.28 Å². The molecule has 0 saturated carbocycles. The van der Waals surface area contributed by atoms with Gasteiger partial charge in [0.25, 0.3) is 0 Å². The molecule has 3 N–H and O–H groups in total. The number of nitrogens with one attached hydrogen (secondary N) is 1. The number of rotatable bonds is 20. The van der Waals surface area contributed by atoms with Crippen LogP contribution in [0, 0.1) is 0 Å². The third kappa shape index (κ3) is 15.2. The van der Waals surface area contributed by atoms with Crippen molar-refractivity contribution in [1.29, 1.82) is 0 Å². The fourth-order valence-electron chi connectivity index (χ4n) is 4.36. The number of quaternary nitrogens is 1. The van der Waals surface area contributed by atoms with Crippen LogP contribution >= 0.6 is 0 Å². The van der Waals surface area contributed by atoms with Gasteiger partial charge in [0, 0.05) is 45.2 Å². The Kier molecular flexibility index (Phi) is 16.1.